The van der Waals surface area contributed by atoms with E-state index in [4.69, 9.17) is 10.5 Å². The van der Waals surface area contributed by atoms with Gasteiger partial charge in [-0.25, -0.2) is 4.79 Å². The number of carbonyl (C=O) groups excluding carboxylic acids is 3. The zero-order valence-corrected chi connectivity index (χ0v) is 13.2. The third kappa shape index (κ3) is 2.59. The summed E-state index contributed by atoms with van der Waals surface area (Å²) in [5, 5.41) is 0.315. The van der Waals surface area contributed by atoms with Crippen molar-refractivity contribution in [3.05, 3.63) is 51.9 Å². The van der Waals surface area contributed by atoms with Gasteiger partial charge in [-0.1, -0.05) is 12.1 Å². The summed E-state index contributed by atoms with van der Waals surface area (Å²) < 4.78 is 4.93. The highest BCUT2D eigenvalue weighted by molar-refractivity contribution is 7.16. The van der Waals surface area contributed by atoms with Crippen molar-refractivity contribution in [2.24, 2.45) is 0 Å². The molecule has 1 aromatic carbocycles. The Labute approximate surface area is 136 Å². The molecule has 0 unspecified atom stereocenters. The second-order valence-electron chi connectivity index (χ2n) is 4.95. The molecule has 6 nitrogen and oxygen atoms in total. The van der Waals surface area contributed by atoms with Crippen molar-refractivity contribution in [2.45, 2.75) is 13.5 Å². The molecule has 1 aliphatic rings. The van der Waals surface area contributed by atoms with Crippen LogP contribution < -0.4 is 5.73 Å². The highest BCUT2D eigenvalue weighted by atomic mass is 32.1. The Morgan fingerprint density at radius 1 is 1.22 bits per heavy atom. The molecular weight excluding hydrogens is 316 g/mol. The number of nitrogen functional groups attached to an aromatic ring is 1. The van der Waals surface area contributed by atoms with Crippen LogP contribution in [0.3, 0.4) is 0 Å². The number of esters is 1. The van der Waals surface area contributed by atoms with Crippen LogP contribution in [0.25, 0.3) is 0 Å². The van der Waals surface area contributed by atoms with E-state index in [1.165, 1.54) is 11.3 Å². The number of ether oxygens (including phenoxy) is 1. The maximum atomic E-state index is 12.3. The van der Waals surface area contributed by atoms with Crippen LogP contribution in [-0.4, -0.2) is 29.3 Å². The highest BCUT2D eigenvalue weighted by Gasteiger charge is 2.35. The molecule has 0 saturated heterocycles. The van der Waals surface area contributed by atoms with Crippen LogP contribution in [0.1, 0.15) is 42.9 Å². The van der Waals surface area contributed by atoms with E-state index in [-0.39, 0.29) is 30.5 Å². The Balaban J connectivity index is 1.84. The number of rotatable bonds is 4. The zero-order chi connectivity index (χ0) is 16.6. The molecule has 1 aromatic heterocycles. The predicted molar refractivity (Wildman–Crippen MR) is 85.3 cm³/mol. The first-order chi connectivity index (χ1) is 11.0. The standard InChI is InChI=1S/C16H14N2O4S/c1-2-22-16(21)12-7-9(23-13(12)17)8-18-14(19)10-5-3-4-6-11(10)15(18)20/h3-7H,2,8,17H2,1H3. The molecule has 7 heteroatoms. The van der Waals surface area contributed by atoms with Gasteiger partial charge in [-0.3, -0.25) is 14.5 Å². The van der Waals surface area contributed by atoms with Gasteiger partial charge >= 0.3 is 5.97 Å². The predicted octanol–water partition coefficient (Wildman–Crippen LogP) is 2.30. The fraction of sp³-hybridized carbons (Fsp3) is 0.188. The SMILES string of the molecule is CCOC(=O)c1cc(CN2C(=O)c3ccccc3C2=O)sc1N. The van der Waals surface area contributed by atoms with Gasteiger partial charge in [0.1, 0.15) is 5.00 Å². The zero-order valence-electron chi connectivity index (χ0n) is 12.4. The monoisotopic (exact) mass is 330 g/mol. The van der Waals surface area contributed by atoms with Gasteiger partial charge < -0.3 is 10.5 Å². The van der Waals surface area contributed by atoms with Crippen molar-refractivity contribution in [2.75, 3.05) is 12.3 Å². The third-order valence-electron chi connectivity index (χ3n) is 3.50. The summed E-state index contributed by atoms with van der Waals surface area (Å²) in [5.41, 5.74) is 6.89. The van der Waals surface area contributed by atoms with Gasteiger partial charge in [-0.15, -0.1) is 11.3 Å². The average Bonchev–Trinajstić information content (AvgIpc) is 3.02. The van der Waals surface area contributed by atoms with E-state index in [2.05, 4.69) is 0 Å². The lowest BCUT2D eigenvalue weighted by molar-refractivity contribution is 0.0527. The number of fused-ring (bicyclic) bond motifs is 1. The fourth-order valence-electron chi connectivity index (χ4n) is 2.44. The van der Waals surface area contributed by atoms with E-state index in [1.807, 2.05) is 0 Å². The molecule has 0 radical (unpaired) electrons. The molecule has 0 aliphatic carbocycles. The molecule has 1 aliphatic heterocycles. The van der Waals surface area contributed by atoms with Crippen molar-refractivity contribution in [3.8, 4) is 0 Å². The van der Waals surface area contributed by atoms with Crippen molar-refractivity contribution in [1.29, 1.82) is 0 Å². The first-order valence-electron chi connectivity index (χ1n) is 7.03. The molecular formula is C16H14N2O4S. The maximum Gasteiger partial charge on any atom is 0.341 e. The summed E-state index contributed by atoms with van der Waals surface area (Å²) in [4.78, 5) is 38.2. The van der Waals surface area contributed by atoms with Crippen LogP contribution in [0.5, 0.6) is 0 Å². The molecule has 3 rings (SSSR count). The Hall–Kier alpha value is -2.67. The molecule has 23 heavy (non-hydrogen) atoms. The Morgan fingerprint density at radius 2 is 1.83 bits per heavy atom. The maximum absolute atomic E-state index is 12.3. The normalized spacial score (nSPS) is 13.3. The van der Waals surface area contributed by atoms with Gasteiger partial charge in [0.15, 0.2) is 0 Å². The molecule has 118 valence electrons. The Morgan fingerprint density at radius 3 is 2.39 bits per heavy atom. The molecule has 2 heterocycles. The van der Waals surface area contributed by atoms with Crippen LogP contribution in [0, 0.1) is 0 Å². The summed E-state index contributed by atoms with van der Waals surface area (Å²) in [7, 11) is 0. The molecule has 2 aromatic rings. The number of carbonyl (C=O) groups is 3. The largest absolute Gasteiger partial charge is 0.462 e. The van der Waals surface area contributed by atoms with Crippen molar-refractivity contribution in [3.63, 3.8) is 0 Å². The smallest absolute Gasteiger partial charge is 0.341 e. The molecule has 0 saturated carbocycles. The first-order valence-corrected chi connectivity index (χ1v) is 7.85. The number of nitrogens with zero attached hydrogens (tertiary/aromatic N) is 1. The van der Waals surface area contributed by atoms with Gasteiger partial charge in [-0.2, -0.15) is 0 Å². The van der Waals surface area contributed by atoms with Crippen molar-refractivity contribution in [1.82, 2.24) is 4.90 Å². The number of hydrogen-bond donors (Lipinski definition) is 1. The van der Waals surface area contributed by atoms with E-state index < -0.39 is 5.97 Å². The molecule has 0 fully saturated rings. The second-order valence-corrected chi connectivity index (χ2v) is 6.12. The van der Waals surface area contributed by atoms with E-state index >= 15 is 0 Å². The third-order valence-corrected chi connectivity index (χ3v) is 4.45. The van der Waals surface area contributed by atoms with Crippen molar-refractivity contribution < 1.29 is 19.1 Å². The van der Waals surface area contributed by atoms with Gasteiger partial charge in [-0.05, 0) is 25.1 Å². The van der Waals surface area contributed by atoms with Crippen LogP contribution in [0.15, 0.2) is 30.3 Å². The number of amides is 2. The Bertz CT molecular complexity index is 777. The number of anilines is 1. The molecule has 2 amide bonds. The minimum Gasteiger partial charge on any atom is -0.462 e. The van der Waals surface area contributed by atoms with Gasteiger partial charge in [0.2, 0.25) is 0 Å². The molecule has 0 spiro atoms. The second kappa shape index (κ2) is 5.85. The lowest BCUT2D eigenvalue weighted by Crippen LogP contribution is -2.28. The fourth-order valence-corrected chi connectivity index (χ4v) is 3.35. The lowest BCUT2D eigenvalue weighted by atomic mass is 10.1. The van der Waals surface area contributed by atoms with Gasteiger partial charge in [0.25, 0.3) is 11.8 Å². The minimum absolute atomic E-state index is 0.0839. The lowest BCUT2D eigenvalue weighted by Gasteiger charge is -2.11. The minimum atomic E-state index is -0.505. The van der Waals surface area contributed by atoms with E-state index in [9.17, 15) is 14.4 Å². The summed E-state index contributed by atoms with van der Waals surface area (Å²) in [6.45, 7) is 2.04. The Kier molecular flexibility index (Phi) is 3.87. The van der Waals surface area contributed by atoms with Crippen LogP contribution in [0.4, 0.5) is 5.00 Å². The average molecular weight is 330 g/mol. The number of benzene rings is 1. The van der Waals surface area contributed by atoms with E-state index in [1.54, 1.807) is 37.3 Å². The quantitative estimate of drug-likeness (QED) is 0.686. The summed E-state index contributed by atoms with van der Waals surface area (Å²) >= 11 is 1.17. The molecule has 0 bridgehead atoms. The highest BCUT2D eigenvalue weighted by Crippen LogP contribution is 2.30. The first kappa shape index (κ1) is 15.2. The van der Waals surface area contributed by atoms with Crippen molar-refractivity contribution >= 4 is 34.1 Å². The number of imide groups is 1. The number of thiophene rings is 1. The topological polar surface area (TPSA) is 89.7 Å². The van der Waals surface area contributed by atoms with Gasteiger partial charge in [0.05, 0.1) is 29.8 Å². The summed E-state index contributed by atoms with van der Waals surface area (Å²) in [6, 6.07) is 8.26. The summed E-state index contributed by atoms with van der Waals surface area (Å²) in [5.74, 6) is -1.18. The number of nitrogens with two attached hydrogens (primary N) is 1. The van der Waals surface area contributed by atoms with Gasteiger partial charge in [0, 0.05) is 4.88 Å². The number of hydrogen-bond acceptors (Lipinski definition) is 6. The van der Waals surface area contributed by atoms with E-state index in [0.29, 0.717) is 21.0 Å². The molecule has 0 atom stereocenters. The van der Waals surface area contributed by atoms with E-state index in [0.717, 1.165) is 4.90 Å². The van der Waals surface area contributed by atoms with Crippen LogP contribution >= 0.6 is 11.3 Å². The molecule has 2 N–H and O–H groups in total. The summed E-state index contributed by atoms with van der Waals surface area (Å²) in [6.07, 6.45) is 0. The van der Waals surface area contributed by atoms with Crippen LogP contribution in [-0.2, 0) is 11.3 Å². The van der Waals surface area contributed by atoms with Crippen LogP contribution in [0.2, 0.25) is 0 Å².